The molecular formula is C13H12BrN3S2. The first kappa shape index (κ1) is 13.0. The number of hydrogen-bond donors (Lipinski definition) is 1. The van der Waals surface area contributed by atoms with Gasteiger partial charge in [-0.2, -0.15) is 0 Å². The summed E-state index contributed by atoms with van der Waals surface area (Å²) < 4.78 is 3.96. The predicted octanol–water partition coefficient (Wildman–Crippen LogP) is 4.47. The Labute approximate surface area is 128 Å². The summed E-state index contributed by atoms with van der Waals surface area (Å²) in [5.41, 5.74) is 3.29. The molecule has 0 fully saturated rings. The van der Waals surface area contributed by atoms with Crippen molar-refractivity contribution in [2.24, 2.45) is 0 Å². The Balaban J connectivity index is 1.94. The molecule has 19 heavy (non-hydrogen) atoms. The number of aryl methyl sites for hydroxylation is 3. The molecule has 0 saturated heterocycles. The number of aromatic nitrogens is 3. The molecule has 0 aliphatic carbocycles. The highest BCUT2D eigenvalue weighted by Crippen LogP contribution is 2.20. The highest BCUT2D eigenvalue weighted by atomic mass is 79.9. The van der Waals surface area contributed by atoms with Crippen molar-refractivity contribution in [3.05, 3.63) is 43.5 Å². The van der Waals surface area contributed by atoms with Gasteiger partial charge in [0.2, 0.25) is 0 Å². The zero-order chi connectivity index (χ0) is 13.4. The number of nitrogens with one attached hydrogen (secondary N) is 1. The minimum absolute atomic E-state index is 0.765. The summed E-state index contributed by atoms with van der Waals surface area (Å²) in [6.45, 7) is 2.87. The molecule has 0 amide bonds. The van der Waals surface area contributed by atoms with Gasteiger partial charge in [-0.15, -0.1) is 11.3 Å². The Kier molecular flexibility index (Phi) is 3.56. The Hall–Kier alpha value is -0.980. The van der Waals surface area contributed by atoms with Gasteiger partial charge in [0.05, 0.1) is 16.0 Å². The molecule has 0 saturated carbocycles. The maximum absolute atomic E-state index is 5.39. The second-order valence-corrected chi connectivity index (χ2v) is 6.62. The topological polar surface area (TPSA) is 33.6 Å². The monoisotopic (exact) mass is 353 g/mol. The number of halogens is 1. The first-order valence-electron chi connectivity index (χ1n) is 5.92. The number of aromatic amines is 1. The normalized spacial score (nSPS) is 11.3. The number of nitrogens with zero attached hydrogens (tertiary/aromatic N) is 2. The molecule has 3 nitrogen and oxygen atoms in total. The van der Waals surface area contributed by atoms with Crippen LogP contribution in [0.25, 0.3) is 11.0 Å². The van der Waals surface area contributed by atoms with E-state index in [1.165, 1.54) is 0 Å². The Bertz CT molecular complexity index is 785. The summed E-state index contributed by atoms with van der Waals surface area (Å²) in [6.07, 6.45) is 0.909. The summed E-state index contributed by atoms with van der Waals surface area (Å²) in [4.78, 5) is 7.72. The number of H-pyrrole nitrogens is 1. The van der Waals surface area contributed by atoms with Crippen LogP contribution in [0.2, 0.25) is 0 Å². The summed E-state index contributed by atoms with van der Waals surface area (Å²) in [5.74, 6) is 0. The average Bonchev–Trinajstić information content (AvgIpc) is 2.90. The Morgan fingerprint density at radius 2 is 2.32 bits per heavy atom. The summed E-state index contributed by atoms with van der Waals surface area (Å²) in [5, 5.41) is 3.24. The molecule has 1 aromatic carbocycles. The van der Waals surface area contributed by atoms with Gasteiger partial charge in [-0.1, -0.05) is 15.9 Å². The molecular weight excluding hydrogens is 342 g/mol. The Morgan fingerprint density at radius 1 is 1.47 bits per heavy atom. The lowest BCUT2D eigenvalue weighted by Gasteiger charge is -2.03. The lowest BCUT2D eigenvalue weighted by molar-refractivity contribution is 0.702. The van der Waals surface area contributed by atoms with E-state index in [-0.39, 0.29) is 0 Å². The number of imidazole rings is 1. The van der Waals surface area contributed by atoms with E-state index < -0.39 is 0 Å². The largest absolute Gasteiger partial charge is 0.331 e. The van der Waals surface area contributed by atoms with E-state index in [1.807, 2.05) is 19.1 Å². The van der Waals surface area contributed by atoms with Gasteiger partial charge in [-0.05, 0) is 37.3 Å². The van der Waals surface area contributed by atoms with E-state index in [9.17, 15) is 0 Å². The number of thiazole rings is 1. The van der Waals surface area contributed by atoms with Crippen molar-refractivity contribution < 1.29 is 0 Å². The third-order valence-corrected chi connectivity index (χ3v) is 4.80. The van der Waals surface area contributed by atoms with Crippen molar-refractivity contribution in [3.8, 4) is 0 Å². The van der Waals surface area contributed by atoms with Gasteiger partial charge in [0.1, 0.15) is 0 Å². The van der Waals surface area contributed by atoms with Crippen molar-refractivity contribution in [1.29, 1.82) is 0 Å². The minimum Gasteiger partial charge on any atom is -0.331 e. The lowest BCUT2D eigenvalue weighted by Crippen LogP contribution is -2.01. The molecule has 0 unspecified atom stereocenters. The van der Waals surface area contributed by atoms with Crippen LogP contribution in [-0.4, -0.2) is 14.5 Å². The van der Waals surface area contributed by atoms with Crippen LogP contribution in [0.4, 0.5) is 0 Å². The smallest absolute Gasteiger partial charge is 0.178 e. The molecule has 6 heteroatoms. The van der Waals surface area contributed by atoms with E-state index >= 15 is 0 Å². The van der Waals surface area contributed by atoms with Crippen molar-refractivity contribution in [2.75, 3.05) is 0 Å². The number of hydrogen-bond acceptors (Lipinski definition) is 3. The fourth-order valence-electron chi connectivity index (χ4n) is 2.07. The van der Waals surface area contributed by atoms with Gasteiger partial charge in [0, 0.05) is 28.5 Å². The molecule has 0 radical (unpaired) electrons. The second kappa shape index (κ2) is 5.19. The summed E-state index contributed by atoms with van der Waals surface area (Å²) in [6, 6.07) is 6.15. The highest BCUT2D eigenvalue weighted by molar-refractivity contribution is 9.10. The van der Waals surface area contributed by atoms with E-state index in [0.29, 0.717) is 0 Å². The molecule has 0 aliphatic heterocycles. The van der Waals surface area contributed by atoms with Crippen molar-refractivity contribution in [3.63, 3.8) is 0 Å². The molecule has 0 spiro atoms. The molecule has 98 valence electrons. The molecule has 1 N–H and O–H groups in total. The molecule has 2 aromatic heterocycles. The molecule has 0 atom stereocenters. The van der Waals surface area contributed by atoms with Gasteiger partial charge in [-0.3, -0.25) is 0 Å². The van der Waals surface area contributed by atoms with E-state index in [4.69, 9.17) is 12.2 Å². The van der Waals surface area contributed by atoms with Gasteiger partial charge >= 0.3 is 0 Å². The SMILES string of the molecule is Cc1csc(CCn2c(=S)[nH]c3ccc(Br)cc32)n1. The van der Waals surface area contributed by atoms with E-state index in [1.54, 1.807) is 11.3 Å². The first-order chi connectivity index (χ1) is 9.13. The number of fused-ring (bicyclic) bond motifs is 1. The van der Waals surface area contributed by atoms with Gasteiger partial charge in [0.15, 0.2) is 4.77 Å². The number of benzene rings is 1. The number of rotatable bonds is 3. The third kappa shape index (κ3) is 2.66. The predicted molar refractivity (Wildman–Crippen MR) is 85.4 cm³/mol. The van der Waals surface area contributed by atoms with Gasteiger partial charge < -0.3 is 9.55 Å². The van der Waals surface area contributed by atoms with Crippen molar-refractivity contribution in [2.45, 2.75) is 19.9 Å². The summed E-state index contributed by atoms with van der Waals surface area (Å²) >= 11 is 10.6. The van der Waals surface area contributed by atoms with E-state index in [0.717, 1.165) is 43.9 Å². The van der Waals surface area contributed by atoms with Crippen LogP contribution in [0.5, 0.6) is 0 Å². The van der Waals surface area contributed by atoms with Crippen LogP contribution >= 0.6 is 39.5 Å². The van der Waals surface area contributed by atoms with Gasteiger partial charge in [-0.25, -0.2) is 4.98 Å². The zero-order valence-electron chi connectivity index (χ0n) is 10.3. The maximum atomic E-state index is 5.39. The molecule has 3 rings (SSSR count). The van der Waals surface area contributed by atoms with Crippen molar-refractivity contribution in [1.82, 2.24) is 14.5 Å². The highest BCUT2D eigenvalue weighted by Gasteiger charge is 2.06. The third-order valence-electron chi connectivity index (χ3n) is 2.95. The van der Waals surface area contributed by atoms with E-state index in [2.05, 4.69) is 41.9 Å². The van der Waals surface area contributed by atoms with Crippen LogP contribution in [0.3, 0.4) is 0 Å². The van der Waals surface area contributed by atoms with Crippen LogP contribution in [-0.2, 0) is 13.0 Å². The maximum Gasteiger partial charge on any atom is 0.178 e. The molecule has 0 aliphatic rings. The fourth-order valence-corrected chi connectivity index (χ4v) is 3.49. The molecule has 2 heterocycles. The second-order valence-electron chi connectivity index (χ2n) is 4.38. The van der Waals surface area contributed by atoms with Crippen LogP contribution in [0.15, 0.2) is 28.1 Å². The average molecular weight is 354 g/mol. The minimum atomic E-state index is 0.765. The quantitative estimate of drug-likeness (QED) is 0.704. The molecule has 3 aromatic rings. The summed E-state index contributed by atoms with van der Waals surface area (Å²) in [7, 11) is 0. The standard InChI is InChI=1S/C13H12BrN3S2/c1-8-7-19-12(15-8)4-5-17-11-6-9(14)2-3-10(11)16-13(17)18/h2-3,6-7H,4-5H2,1H3,(H,16,18). The fraction of sp³-hybridized carbons (Fsp3) is 0.231. The van der Waals surface area contributed by atoms with Gasteiger partial charge in [0.25, 0.3) is 0 Å². The Morgan fingerprint density at radius 3 is 3.05 bits per heavy atom. The van der Waals surface area contributed by atoms with Crippen LogP contribution in [0, 0.1) is 11.7 Å². The van der Waals surface area contributed by atoms with Crippen LogP contribution in [0.1, 0.15) is 10.7 Å². The molecule has 0 bridgehead atoms. The first-order valence-corrected chi connectivity index (χ1v) is 8.00. The van der Waals surface area contributed by atoms with Crippen molar-refractivity contribution >= 4 is 50.5 Å². The van der Waals surface area contributed by atoms with Crippen LogP contribution < -0.4 is 0 Å². The zero-order valence-corrected chi connectivity index (χ0v) is 13.5. The lowest BCUT2D eigenvalue weighted by atomic mass is 10.3.